The van der Waals surface area contributed by atoms with Crippen LogP contribution in [0.1, 0.15) is 5.56 Å². The Bertz CT molecular complexity index is 756. The molecule has 3 nitrogen and oxygen atoms in total. The van der Waals surface area contributed by atoms with Crippen LogP contribution in [-0.2, 0) is 6.54 Å². The Balaban J connectivity index is 1.76. The molecule has 1 heterocycles. The second kappa shape index (κ2) is 5.79. The minimum atomic E-state index is -0.472. The summed E-state index contributed by atoms with van der Waals surface area (Å²) in [5, 5.41) is 5.52. The number of nitrogens with zero attached hydrogens (tertiary/aromatic N) is 1. The molecule has 0 atom stereocenters. The van der Waals surface area contributed by atoms with Crippen molar-refractivity contribution >= 4 is 16.5 Å². The summed E-state index contributed by atoms with van der Waals surface area (Å²) < 4.78 is 18.0. The molecule has 3 aromatic rings. The van der Waals surface area contributed by atoms with E-state index < -0.39 is 5.95 Å². The van der Waals surface area contributed by atoms with Crippen LogP contribution in [0.3, 0.4) is 0 Å². The summed E-state index contributed by atoms with van der Waals surface area (Å²) in [4.78, 5) is 3.62. The summed E-state index contributed by atoms with van der Waals surface area (Å²) >= 11 is 0. The molecule has 0 spiro atoms. The molecule has 0 amide bonds. The fraction of sp³-hybridized carbons (Fsp3) is 0.118. The van der Waals surface area contributed by atoms with E-state index in [0.29, 0.717) is 6.54 Å². The number of pyridine rings is 1. The summed E-state index contributed by atoms with van der Waals surface area (Å²) in [6.45, 7) is 0.662. The Morgan fingerprint density at radius 1 is 1.05 bits per heavy atom. The van der Waals surface area contributed by atoms with Gasteiger partial charge in [-0.1, -0.05) is 18.2 Å². The SMILES string of the molecule is COc1ccc2cc(CNc3ccc(F)nc3)ccc2c1. The quantitative estimate of drug-likeness (QED) is 0.735. The first-order valence-corrected chi connectivity index (χ1v) is 6.67. The summed E-state index contributed by atoms with van der Waals surface area (Å²) in [5.74, 6) is 0.381. The van der Waals surface area contributed by atoms with Crippen molar-refractivity contribution in [2.75, 3.05) is 12.4 Å². The Morgan fingerprint density at radius 3 is 2.62 bits per heavy atom. The van der Waals surface area contributed by atoms with Crippen LogP contribution in [0.25, 0.3) is 10.8 Å². The molecule has 21 heavy (non-hydrogen) atoms. The molecule has 0 fully saturated rings. The van der Waals surface area contributed by atoms with Crippen LogP contribution in [0.15, 0.2) is 54.7 Å². The Labute approximate surface area is 122 Å². The summed E-state index contributed by atoms with van der Waals surface area (Å²) in [7, 11) is 1.66. The third-order valence-corrected chi connectivity index (χ3v) is 3.34. The topological polar surface area (TPSA) is 34.1 Å². The monoisotopic (exact) mass is 282 g/mol. The number of aromatic nitrogens is 1. The smallest absolute Gasteiger partial charge is 0.212 e. The number of hydrogen-bond acceptors (Lipinski definition) is 3. The predicted octanol–water partition coefficient (Wildman–Crippen LogP) is 3.99. The molecule has 4 heteroatoms. The van der Waals surface area contributed by atoms with Gasteiger partial charge in [0, 0.05) is 6.54 Å². The van der Waals surface area contributed by atoms with E-state index in [4.69, 9.17) is 4.74 Å². The Hall–Kier alpha value is -2.62. The van der Waals surface area contributed by atoms with Crippen LogP contribution in [0, 0.1) is 5.95 Å². The lowest BCUT2D eigenvalue weighted by atomic mass is 10.1. The molecule has 1 N–H and O–H groups in total. The van der Waals surface area contributed by atoms with E-state index in [-0.39, 0.29) is 0 Å². The fourth-order valence-electron chi connectivity index (χ4n) is 2.19. The maximum absolute atomic E-state index is 12.7. The zero-order valence-corrected chi connectivity index (χ0v) is 11.6. The van der Waals surface area contributed by atoms with Gasteiger partial charge in [-0.05, 0) is 46.7 Å². The highest BCUT2D eigenvalue weighted by Gasteiger charge is 2.00. The standard InChI is InChI=1S/C17H15FN2O/c1-21-16-6-4-13-8-12(2-3-14(13)9-16)10-19-15-5-7-17(18)20-11-15/h2-9,11,19H,10H2,1H3. The third-order valence-electron chi connectivity index (χ3n) is 3.34. The van der Waals surface area contributed by atoms with Gasteiger partial charge in [0.2, 0.25) is 5.95 Å². The number of rotatable bonds is 4. The van der Waals surface area contributed by atoms with Crippen LogP contribution < -0.4 is 10.1 Å². The van der Waals surface area contributed by atoms with E-state index in [2.05, 4.69) is 28.5 Å². The first-order chi connectivity index (χ1) is 10.2. The number of anilines is 1. The van der Waals surface area contributed by atoms with Gasteiger partial charge in [-0.3, -0.25) is 0 Å². The van der Waals surface area contributed by atoms with Gasteiger partial charge in [0.25, 0.3) is 0 Å². The molecule has 0 bridgehead atoms. The highest BCUT2D eigenvalue weighted by molar-refractivity contribution is 5.84. The molecule has 0 aliphatic rings. The van der Waals surface area contributed by atoms with Gasteiger partial charge in [-0.25, -0.2) is 4.98 Å². The van der Waals surface area contributed by atoms with E-state index in [1.165, 1.54) is 12.3 Å². The first-order valence-electron chi connectivity index (χ1n) is 6.67. The van der Waals surface area contributed by atoms with E-state index >= 15 is 0 Å². The van der Waals surface area contributed by atoms with Crippen molar-refractivity contribution in [3.8, 4) is 5.75 Å². The van der Waals surface area contributed by atoms with Crippen molar-refractivity contribution in [3.05, 3.63) is 66.2 Å². The number of hydrogen-bond donors (Lipinski definition) is 1. The van der Waals surface area contributed by atoms with Gasteiger partial charge in [0.1, 0.15) is 5.75 Å². The molecule has 0 aliphatic heterocycles. The molecule has 0 saturated heterocycles. The van der Waals surface area contributed by atoms with Crippen LogP contribution in [0.5, 0.6) is 5.75 Å². The number of ether oxygens (including phenoxy) is 1. The van der Waals surface area contributed by atoms with Crippen LogP contribution in [0.4, 0.5) is 10.1 Å². The van der Waals surface area contributed by atoms with Crippen LogP contribution in [0.2, 0.25) is 0 Å². The molecular weight excluding hydrogens is 267 g/mol. The van der Waals surface area contributed by atoms with E-state index in [1.807, 2.05) is 18.2 Å². The Kier molecular flexibility index (Phi) is 3.69. The van der Waals surface area contributed by atoms with Gasteiger partial charge in [0.05, 0.1) is 19.0 Å². The van der Waals surface area contributed by atoms with Crippen LogP contribution >= 0.6 is 0 Å². The average molecular weight is 282 g/mol. The third kappa shape index (κ3) is 3.11. The second-order valence-corrected chi connectivity index (χ2v) is 4.77. The van der Waals surface area contributed by atoms with Crippen molar-refractivity contribution in [2.24, 2.45) is 0 Å². The zero-order valence-electron chi connectivity index (χ0n) is 11.6. The number of methoxy groups -OCH3 is 1. The minimum absolute atomic E-state index is 0.472. The molecule has 1 aromatic heterocycles. The second-order valence-electron chi connectivity index (χ2n) is 4.77. The van der Waals surface area contributed by atoms with Crippen molar-refractivity contribution in [1.29, 1.82) is 0 Å². The van der Waals surface area contributed by atoms with Gasteiger partial charge in [0.15, 0.2) is 0 Å². The summed E-state index contributed by atoms with van der Waals surface area (Å²) in [6.07, 6.45) is 1.49. The minimum Gasteiger partial charge on any atom is -0.497 e. The fourth-order valence-corrected chi connectivity index (χ4v) is 2.19. The summed E-state index contributed by atoms with van der Waals surface area (Å²) in [5.41, 5.74) is 1.95. The van der Waals surface area contributed by atoms with E-state index in [1.54, 1.807) is 13.2 Å². The zero-order chi connectivity index (χ0) is 14.7. The predicted molar refractivity (Wildman–Crippen MR) is 82.0 cm³/mol. The molecule has 3 rings (SSSR count). The number of benzene rings is 2. The van der Waals surface area contributed by atoms with Crippen molar-refractivity contribution < 1.29 is 9.13 Å². The lowest BCUT2D eigenvalue weighted by Gasteiger charge is -2.08. The summed E-state index contributed by atoms with van der Waals surface area (Å²) in [6, 6.07) is 15.3. The van der Waals surface area contributed by atoms with Gasteiger partial charge in [-0.2, -0.15) is 4.39 Å². The normalized spacial score (nSPS) is 10.6. The van der Waals surface area contributed by atoms with Gasteiger partial charge < -0.3 is 10.1 Å². The van der Waals surface area contributed by atoms with E-state index in [0.717, 1.165) is 27.8 Å². The molecule has 2 aromatic carbocycles. The largest absolute Gasteiger partial charge is 0.497 e. The van der Waals surface area contributed by atoms with Gasteiger partial charge >= 0.3 is 0 Å². The maximum Gasteiger partial charge on any atom is 0.212 e. The number of fused-ring (bicyclic) bond motifs is 1. The highest BCUT2D eigenvalue weighted by atomic mass is 19.1. The van der Waals surface area contributed by atoms with Crippen molar-refractivity contribution in [3.63, 3.8) is 0 Å². The number of halogens is 1. The number of nitrogens with one attached hydrogen (secondary N) is 1. The van der Waals surface area contributed by atoms with Crippen LogP contribution in [-0.4, -0.2) is 12.1 Å². The highest BCUT2D eigenvalue weighted by Crippen LogP contribution is 2.22. The maximum atomic E-state index is 12.7. The lowest BCUT2D eigenvalue weighted by molar-refractivity contribution is 0.415. The van der Waals surface area contributed by atoms with Crippen molar-refractivity contribution in [2.45, 2.75) is 6.54 Å². The van der Waals surface area contributed by atoms with Gasteiger partial charge in [-0.15, -0.1) is 0 Å². The molecule has 0 saturated carbocycles. The van der Waals surface area contributed by atoms with E-state index in [9.17, 15) is 4.39 Å². The first kappa shape index (κ1) is 13.4. The Morgan fingerprint density at radius 2 is 1.86 bits per heavy atom. The average Bonchev–Trinajstić information content (AvgIpc) is 2.53. The molecule has 0 radical (unpaired) electrons. The lowest BCUT2D eigenvalue weighted by Crippen LogP contribution is -2.00. The van der Waals surface area contributed by atoms with Crippen molar-refractivity contribution in [1.82, 2.24) is 4.98 Å². The molecule has 0 unspecified atom stereocenters. The molecule has 106 valence electrons. The molecular formula is C17H15FN2O. The molecule has 0 aliphatic carbocycles.